The lowest BCUT2D eigenvalue weighted by molar-refractivity contribution is 0.0691. The predicted molar refractivity (Wildman–Crippen MR) is 74.9 cm³/mol. The van der Waals surface area contributed by atoms with Crippen molar-refractivity contribution in [2.45, 2.75) is 10.6 Å². The summed E-state index contributed by atoms with van der Waals surface area (Å²) in [6.07, 6.45) is 0. The van der Waals surface area contributed by atoms with Crippen LogP contribution in [0.25, 0.3) is 0 Å². The average molecular weight is 331 g/mol. The zero-order chi connectivity index (χ0) is 15.6. The van der Waals surface area contributed by atoms with Crippen molar-refractivity contribution in [2.75, 3.05) is 0 Å². The van der Waals surface area contributed by atoms with Crippen LogP contribution in [0.3, 0.4) is 0 Å². The highest BCUT2D eigenvalue weighted by atomic mass is 35.5. The molecule has 3 nitrogen and oxygen atoms in total. The van der Waals surface area contributed by atoms with Gasteiger partial charge in [0.15, 0.2) is 0 Å². The molecule has 2 aromatic rings. The molecule has 0 bridgehead atoms. The maximum absolute atomic E-state index is 13.3. The van der Waals surface area contributed by atoms with E-state index >= 15 is 0 Å². The minimum Gasteiger partial charge on any atom is -0.478 e. The minimum atomic E-state index is -1.67. The van der Waals surface area contributed by atoms with Crippen molar-refractivity contribution < 1.29 is 22.9 Å². The summed E-state index contributed by atoms with van der Waals surface area (Å²) in [5.41, 5.74) is -0.234. The summed E-state index contributed by atoms with van der Waals surface area (Å²) >= 11 is 5.88. The molecule has 0 fully saturated rings. The number of halogens is 3. The molecule has 0 aliphatic carbocycles. The van der Waals surface area contributed by atoms with Gasteiger partial charge < -0.3 is 5.11 Å². The van der Waals surface area contributed by atoms with Gasteiger partial charge in [-0.15, -0.1) is 0 Å². The van der Waals surface area contributed by atoms with Gasteiger partial charge in [-0.1, -0.05) is 11.6 Å². The van der Waals surface area contributed by atoms with Gasteiger partial charge >= 0.3 is 5.97 Å². The summed E-state index contributed by atoms with van der Waals surface area (Å²) in [6, 6.07) is 6.84. The molecule has 0 amide bonds. The van der Waals surface area contributed by atoms with Gasteiger partial charge in [-0.3, -0.25) is 4.21 Å². The van der Waals surface area contributed by atoms with Gasteiger partial charge in [-0.2, -0.15) is 0 Å². The molecule has 2 rings (SSSR count). The van der Waals surface area contributed by atoms with E-state index in [2.05, 4.69) is 0 Å². The van der Waals surface area contributed by atoms with Crippen LogP contribution in [-0.2, 0) is 16.6 Å². The summed E-state index contributed by atoms with van der Waals surface area (Å²) in [5.74, 6) is -2.97. The molecule has 1 unspecified atom stereocenters. The Morgan fingerprint density at radius 3 is 2.57 bits per heavy atom. The molecule has 1 atom stereocenters. The molecule has 0 saturated heterocycles. The number of carbonyl (C=O) groups is 1. The molecular weight excluding hydrogens is 322 g/mol. The average Bonchev–Trinajstić information content (AvgIpc) is 2.43. The van der Waals surface area contributed by atoms with E-state index in [9.17, 15) is 17.8 Å². The van der Waals surface area contributed by atoms with Crippen LogP contribution in [-0.4, -0.2) is 15.3 Å². The van der Waals surface area contributed by atoms with Gasteiger partial charge in [0.25, 0.3) is 0 Å². The first-order chi connectivity index (χ1) is 9.88. The second-order valence-electron chi connectivity index (χ2n) is 4.17. The largest absolute Gasteiger partial charge is 0.478 e. The number of benzene rings is 2. The van der Waals surface area contributed by atoms with Crippen molar-refractivity contribution in [2.24, 2.45) is 0 Å². The van der Waals surface area contributed by atoms with E-state index in [1.165, 1.54) is 18.2 Å². The van der Waals surface area contributed by atoms with Crippen LogP contribution in [0.5, 0.6) is 0 Å². The fourth-order valence-electron chi connectivity index (χ4n) is 1.69. The third kappa shape index (κ3) is 3.65. The molecule has 0 radical (unpaired) electrons. The normalized spacial score (nSPS) is 12.1. The van der Waals surface area contributed by atoms with Crippen molar-refractivity contribution in [3.05, 3.63) is 64.2 Å². The first kappa shape index (κ1) is 15.6. The molecule has 0 saturated carbocycles. The predicted octanol–water partition coefficient (Wildman–Crippen LogP) is 3.62. The Hall–Kier alpha value is -1.79. The molecule has 1 N–H and O–H groups in total. The van der Waals surface area contributed by atoms with Crippen LogP contribution in [0.2, 0.25) is 5.02 Å². The van der Waals surface area contributed by atoms with Crippen molar-refractivity contribution in [3.63, 3.8) is 0 Å². The lowest BCUT2D eigenvalue weighted by Crippen LogP contribution is -2.04. The van der Waals surface area contributed by atoms with Gasteiger partial charge in [0, 0.05) is 9.92 Å². The van der Waals surface area contributed by atoms with Crippen molar-refractivity contribution in [3.8, 4) is 0 Å². The highest BCUT2D eigenvalue weighted by Crippen LogP contribution is 2.22. The number of rotatable bonds is 4. The van der Waals surface area contributed by atoms with E-state index in [1.807, 2.05) is 0 Å². The summed E-state index contributed by atoms with van der Waals surface area (Å²) in [4.78, 5) is 11.0. The second-order valence-corrected chi connectivity index (χ2v) is 6.03. The third-order valence-corrected chi connectivity index (χ3v) is 4.45. The molecule has 2 aromatic carbocycles. The SMILES string of the molecule is O=C(O)c1cc(S(=O)Cc2cc(F)ccc2Cl)ccc1F. The highest BCUT2D eigenvalue weighted by Gasteiger charge is 2.15. The van der Waals surface area contributed by atoms with Crippen LogP contribution in [0.4, 0.5) is 8.78 Å². The Labute approximate surface area is 126 Å². The summed E-state index contributed by atoms with van der Waals surface area (Å²) in [6.45, 7) is 0. The molecule has 0 aromatic heterocycles. The molecule has 21 heavy (non-hydrogen) atoms. The van der Waals surface area contributed by atoms with E-state index < -0.39 is 34.0 Å². The lowest BCUT2D eigenvalue weighted by atomic mass is 10.2. The number of aromatic carboxylic acids is 1. The fraction of sp³-hybridized carbons (Fsp3) is 0.0714. The Balaban J connectivity index is 2.30. The zero-order valence-corrected chi connectivity index (χ0v) is 12.0. The smallest absolute Gasteiger partial charge is 0.338 e. The van der Waals surface area contributed by atoms with Crippen molar-refractivity contribution >= 4 is 28.4 Å². The Bertz CT molecular complexity index is 734. The van der Waals surface area contributed by atoms with Crippen molar-refractivity contribution in [1.82, 2.24) is 0 Å². The highest BCUT2D eigenvalue weighted by molar-refractivity contribution is 7.84. The summed E-state index contributed by atoms with van der Waals surface area (Å²) in [5, 5.41) is 9.09. The van der Waals surface area contributed by atoms with E-state index in [-0.39, 0.29) is 15.7 Å². The second kappa shape index (κ2) is 6.32. The summed E-state index contributed by atoms with van der Waals surface area (Å²) in [7, 11) is -1.67. The standard InChI is InChI=1S/C14H9ClF2O3S/c15-12-3-1-9(16)5-8(12)7-21(20)10-2-4-13(17)11(6-10)14(18)19/h1-6H,7H2,(H,18,19). The van der Waals surface area contributed by atoms with Gasteiger partial charge in [-0.25, -0.2) is 13.6 Å². The van der Waals surface area contributed by atoms with Crippen LogP contribution in [0.1, 0.15) is 15.9 Å². The topological polar surface area (TPSA) is 54.4 Å². The van der Waals surface area contributed by atoms with E-state index in [0.29, 0.717) is 5.56 Å². The monoisotopic (exact) mass is 330 g/mol. The molecule has 0 aliphatic rings. The van der Waals surface area contributed by atoms with Crippen LogP contribution >= 0.6 is 11.6 Å². The lowest BCUT2D eigenvalue weighted by Gasteiger charge is -2.06. The first-order valence-corrected chi connectivity index (χ1v) is 7.43. The maximum Gasteiger partial charge on any atom is 0.338 e. The van der Waals surface area contributed by atoms with E-state index in [4.69, 9.17) is 16.7 Å². The fourth-order valence-corrected chi connectivity index (χ4v) is 3.11. The first-order valence-electron chi connectivity index (χ1n) is 5.73. The number of hydrogen-bond donors (Lipinski definition) is 1. The van der Waals surface area contributed by atoms with Crippen molar-refractivity contribution in [1.29, 1.82) is 0 Å². The molecule has 0 aliphatic heterocycles. The Morgan fingerprint density at radius 2 is 1.90 bits per heavy atom. The number of hydrogen-bond acceptors (Lipinski definition) is 2. The van der Waals surface area contributed by atoms with Crippen LogP contribution in [0.15, 0.2) is 41.3 Å². The van der Waals surface area contributed by atoms with Gasteiger partial charge in [-0.05, 0) is 42.0 Å². The Kier molecular flexibility index (Phi) is 4.69. The van der Waals surface area contributed by atoms with E-state index in [1.54, 1.807) is 0 Å². The maximum atomic E-state index is 13.3. The number of carboxylic acids is 1. The Morgan fingerprint density at radius 1 is 1.19 bits per heavy atom. The molecular formula is C14H9ClF2O3S. The zero-order valence-electron chi connectivity index (χ0n) is 10.5. The molecule has 7 heteroatoms. The third-order valence-electron chi connectivity index (χ3n) is 2.73. The van der Waals surface area contributed by atoms with Gasteiger partial charge in [0.05, 0.1) is 22.1 Å². The molecule has 0 heterocycles. The van der Waals surface area contributed by atoms with Gasteiger partial charge in [0.1, 0.15) is 11.6 Å². The van der Waals surface area contributed by atoms with Gasteiger partial charge in [0.2, 0.25) is 0 Å². The van der Waals surface area contributed by atoms with E-state index in [0.717, 1.165) is 18.2 Å². The molecule has 0 spiro atoms. The number of carboxylic acid groups (broad SMARTS) is 1. The van der Waals surface area contributed by atoms with Crippen LogP contribution < -0.4 is 0 Å². The van der Waals surface area contributed by atoms with Crippen LogP contribution in [0, 0.1) is 11.6 Å². The quantitative estimate of drug-likeness (QED) is 0.931. The summed E-state index contributed by atoms with van der Waals surface area (Å²) < 4.78 is 38.6. The minimum absolute atomic E-state index is 0.0959. The molecule has 110 valence electrons.